The third-order valence-electron chi connectivity index (χ3n) is 4.38. The smallest absolute Gasteiger partial charge is 0.253 e. The van der Waals surface area contributed by atoms with Gasteiger partial charge in [-0.2, -0.15) is 0 Å². The first kappa shape index (κ1) is 17.5. The Morgan fingerprint density at radius 3 is 2.24 bits per heavy atom. The number of nitrogens with zero attached hydrogens (tertiary/aromatic N) is 2. The highest BCUT2D eigenvalue weighted by Gasteiger charge is 2.22. The fraction of sp³-hybridized carbons (Fsp3) is 0.263. The van der Waals surface area contributed by atoms with Gasteiger partial charge in [-0.15, -0.1) is 0 Å². The molecule has 5 nitrogen and oxygen atoms in total. The number of hydrogen-bond donors (Lipinski definition) is 1. The predicted molar refractivity (Wildman–Crippen MR) is 97.6 cm³/mol. The van der Waals surface area contributed by atoms with Crippen LogP contribution < -0.4 is 5.73 Å². The number of carbonyl (C=O) groups excluding carboxylic acids is 2. The fourth-order valence-corrected chi connectivity index (χ4v) is 3.14. The van der Waals surface area contributed by atoms with Gasteiger partial charge in [0.2, 0.25) is 5.91 Å². The van der Waals surface area contributed by atoms with Gasteiger partial charge in [-0.1, -0.05) is 29.8 Å². The average Bonchev–Trinajstić information content (AvgIpc) is 2.62. The van der Waals surface area contributed by atoms with Crippen molar-refractivity contribution in [2.24, 2.45) is 5.73 Å². The Labute approximate surface area is 152 Å². The molecule has 2 N–H and O–H groups in total. The van der Waals surface area contributed by atoms with E-state index in [1.807, 2.05) is 17.0 Å². The minimum Gasteiger partial charge on any atom is -0.366 e. The summed E-state index contributed by atoms with van der Waals surface area (Å²) in [6, 6.07) is 14.4. The van der Waals surface area contributed by atoms with Crippen LogP contribution in [-0.2, 0) is 6.54 Å². The van der Waals surface area contributed by atoms with Crippen LogP contribution in [0.4, 0.5) is 0 Å². The van der Waals surface area contributed by atoms with E-state index in [0.29, 0.717) is 29.2 Å². The van der Waals surface area contributed by atoms with Crippen molar-refractivity contribution in [3.63, 3.8) is 0 Å². The van der Waals surface area contributed by atoms with E-state index in [4.69, 9.17) is 17.3 Å². The number of primary amides is 1. The fourth-order valence-electron chi connectivity index (χ4n) is 2.95. The maximum Gasteiger partial charge on any atom is 0.253 e. The maximum atomic E-state index is 12.5. The van der Waals surface area contributed by atoms with Crippen molar-refractivity contribution in [1.82, 2.24) is 9.80 Å². The Balaban J connectivity index is 1.55. The van der Waals surface area contributed by atoms with Gasteiger partial charge in [-0.25, -0.2) is 0 Å². The molecule has 1 aliphatic rings. The van der Waals surface area contributed by atoms with E-state index in [1.165, 1.54) is 0 Å². The lowest BCUT2D eigenvalue weighted by Gasteiger charge is -2.34. The average molecular weight is 358 g/mol. The molecule has 1 aliphatic heterocycles. The van der Waals surface area contributed by atoms with E-state index in [9.17, 15) is 9.59 Å². The second-order valence-electron chi connectivity index (χ2n) is 6.14. The van der Waals surface area contributed by atoms with E-state index < -0.39 is 5.91 Å². The summed E-state index contributed by atoms with van der Waals surface area (Å²) in [6.07, 6.45) is 0. The molecule has 130 valence electrons. The third-order valence-corrected chi connectivity index (χ3v) is 4.61. The van der Waals surface area contributed by atoms with Crippen molar-refractivity contribution in [1.29, 1.82) is 0 Å². The van der Waals surface area contributed by atoms with Crippen LogP contribution in [-0.4, -0.2) is 47.8 Å². The lowest BCUT2D eigenvalue weighted by atomic mass is 10.1. The molecule has 1 fully saturated rings. The van der Waals surface area contributed by atoms with Crippen LogP contribution in [0.15, 0.2) is 48.5 Å². The topological polar surface area (TPSA) is 66.6 Å². The molecule has 1 saturated heterocycles. The highest BCUT2D eigenvalue weighted by molar-refractivity contribution is 6.30. The second-order valence-corrected chi connectivity index (χ2v) is 6.58. The summed E-state index contributed by atoms with van der Waals surface area (Å²) >= 11 is 5.96. The SMILES string of the molecule is NC(=O)c1ccc(CN2CCN(C(=O)c3cccc(Cl)c3)CC2)cc1. The van der Waals surface area contributed by atoms with E-state index >= 15 is 0 Å². The zero-order valence-corrected chi connectivity index (χ0v) is 14.6. The van der Waals surface area contributed by atoms with Gasteiger partial charge >= 0.3 is 0 Å². The number of benzene rings is 2. The Hall–Kier alpha value is -2.37. The Morgan fingerprint density at radius 1 is 0.960 bits per heavy atom. The summed E-state index contributed by atoms with van der Waals surface area (Å²) in [4.78, 5) is 27.8. The van der Waals surface area contributed by atoms with E-state index in [1.54, 1.807) is 36.4 Å². The van der Waals surface area contributed by atoms with Gasteiger partial charge in [-0.05, 0) is 35.9 Å². The van der Waals surface area contributed by atoms with Crippen LogP contribution in [0.25, 0.3) is 0 Å². The van der Waals surface area contributed by atoms with Crippen molar-refractivity contribution >= 4 is 23.4 Å². The first-order valence-electron chi connectivity index (χ1n) is 8.19. The Kier molecular flexibility index (Phi) is 5.36. The Morgan fingerprint density at radius 2 is 1.64 bits per heavy atom. The summed E-state index contributed by atoms with van der Waals surface area (Å²) in [7, 11) is 0. The molecule has 0 unspecified atom stereocenters. The summed E-state index contributed by atoms with van der Waals surface area (Å²) in [5.74, 6) is -0.396. The molecule has 0 atom stereocenters. The summed E-state index contributed by atoms with van der Waals surface area (Å²) in [5, 5.41) is 0.573. The summed E-state index contributed by atoms with van der Waals surface area (Å²) in [5.41, 5.74) is 7.52. The van der Waals surface area contributed by atoms with E-state index in [-0.39, 0.29) is 5.91 Å². The normalized spacial score (nSPS) is 15.2. The first-order chi connectivity index (χ1) is 12.0. The zero-order chi connectivity index (χ0) is 17.8. The first-order valence-corrected chi connectivity index (χ1v) is 8.56. The minimum absolute atomic E-state index is 0.0213. The molecule has 2 aromatic rings. The van der Waals surface area contributed by atoms with Gasteiger partial charge < -0.3 is 10.6 Å². The number of nitrogens with two attached hydrogens (primary N) is 1. The summed E-state index contributed by atoms with van der Waals surface area (Å²) < 4.78 is 0. The van der Waals surface area contributed by atoms with Crippen molar-refractivity contribution in [3.8, 4) is 0 Å². The highest BCUT2D eigenvalue weighted by Crippen LogP contribution is 2.15. The molecule has 0 radical (unpaired) electrons. The standard InChI is InChI=1S/C19H20ClN3O2/c20-17-3-1-2-16(12-17)19(25)23-10-8-22(9-11-23)13-14-4-6-15(7-5-14)18(21)24/h1-7,12H,8-11,13H2,(H2,21,24). The monoisotopic (exact) mass is 357 g/mol. The summed E-state index contributed by atoms with van der Waals surface area (Å²) in [6.45, 7) is 3.78. The molecule has 2 aromatic carbocycles. The molecule has 6 heteroatoms. The van der Waals surface area contributed by atoms with Gasteiger partial charge in [0.25, 0.3) is 5.91 Å². The van der Waals surface area contributed by atoms with Gasteiger partial charge in [0.05, 0.1) is 0 Å². The molecule has 0 aromatic heterocycles. The number of piperazine rings is 1. The number of rotatable bonds is 4. The third kappa shape index (κ3) is 4.38. The lowest BCUT2D eigenvalue weighted by molar-refractivity contribution is 0.0628. The van der Waals surface area contributed by atoms with Crippen LogP contribution >= 0.6 is 11.6 Å². The maximum absolute atomic E-state index is 12.5. The number of halogens is 1. The number of carbonyl (C=O) groups is 2. The van der Waals surface area contributed by atoms with Crippen LogP contribution in [0.3, 0.4) is 0 Å². The highest BCUT2D eigenvalue weighted by atomic mass is 35.5. The van der Waals surface area contributed by atoms with Crippen LogP contribution in [0.5, 0.6) is 0 Å². The molecular weight excluding hydrogens is 338 g/mol. The van der Waals surface area contributed by atoms with Gasteiger partial charge in [-0.3, -0.25) is 14.5 Å². The van der Waals surface area contributed by atoms with Crippen LogP contribution in [0.2, 0.25) is 5.02 Å². The van der Waals surface area contributed by atoms with Crippen molar-refractivity contribution in [2.75, 3.05) is 26.2 Å². The van der Waals surface area contributed by atoms with Gasteiger partial charge in [0, 0.05) is 48.9 Å². The van der Waals surface area contributed by atoms with E-state index in [0.717, 1.165) is 25.2 Å². The van der Waals surface area contributed by atoms with Crippen molar-refractivity contribution in [3.05, 3.63) is 70.2 Å². The molecule has 0 spiro atoms. The second kappa shape index (κ2) is 7.68. The molecular formula is C19H20ClN3O2. The van der Waals surface area contributed by atoms with Crippen LogP contribution in [0, 0.1) is 0 Å². The van der Waals surface area contributed by atoms with E-state index in [2.05, 4.69) is 4.90 Å². The molecule has 25 heavy (non-hydrogen) atoms. The molecule has 0 aliphatic carbocycles. The van der Waals surface area contributed by atoms with Crippen LogP contribution in [0.1, 0.15) is 26.3 Å². The lowest BCUT2D eigenvalue weighted by Crippen LogP contribution is -2.48. The molecule has 1 heterocycles. The molecule has 2 amide bonds. The Bertz CT molecular complexity index is 768. The predicted octanol–water partition coefficient (Wildman–Crippen LogP) is 2.40. The molecule has 0 saturated carbocycles. The minimum atomic E-state index is -0.417. The van der Waals surface area contributed by atoms with Gasteiger partial charge in [0.1, 0.15) is 0 Å². The largest absolute Gasteiger partial charge is 0.366 e. The molecule has 0 bridgehead atoms. The molecule has 3 rings (SSSR count). The quantitative estimate of drug-likeness (QED) is 0.913. The number of hydrogen-bond acceptors (Lipinski definition) is 3. The van der Waals surface area contributed by atoms with Crippen molar-refractivity contribution < 1.29 is 9.59 Å². The zero-order valence-electron chi connectivity index (χ0n) is 13.8. The van der Waals surface area contributed by atoms with Gasteiger partial charge in [0.15, 0.2) is 0 Å². The number of amides is 2. The van der Waals surface area contributed by atoms with Crippen molar-refractivity contribution in [2.45, 2.75) is 6.54 Å².